The summed E-state index contributed by atoms with van der Waals surface area (Å²) in [6, 6.07) is 12.6. The van der Waals surface area contributed by atoms with Crippen molar-refractivity contribution >= 4 is 23.0 Å². The summed E-state index contributed by atoms with van der Waals surface area (Å²) < 4.78 is 0. The highest BCUT2D eigenvalue weighted by molar-refractivity contribution is 7.80. The molecule has 1 heterocycles. The Morgan fingerprint density at radius 1 is 1.12 bits per heavy atom. The van der Waals surface area contributed by atoms with Crippen LogP contribution in [0, 0.1) is 12.8 Å². The standard InChI is InChI=1S/C20H27N3S/c1-15(2)11-14-23(17(4)18-9-12-21-13-10-18)20(24)22-19-8-6-5-7-16(19)3/h5-10,12-13,15,17H,11,14H2,1-4H3,(H,22,24)/t17-/m0/s1. The lowest BCUT2D eigenvalue weighted by Gasteiger charge is -2.33. The van der Waals surface area contributed by atoms with Gasteiger partial charge in [-0.05, 0) is 67.7 Å². The van der Waals surface area contributed by atoms with E-state index in [0.717, 1.165) is 23.8 Å². The first-order chi connectivity index (χ1) is 11.5. The van der Waals surface area contributed by atoms with Crippen LogP contribution in [0.15, 0.2) is 48.8 Å². The first kappa shape index (κ1) is 18.4. The van der Waals surface area contributed by atoms with Crippen molar-refractivity contribution in [2.45, 2.75) is 40.2 Å². The Labute approximate surface area is 151 Å². The second-order valence-corrected chi connectivity index (χ2v) is 6.96. The van der Waals surface area contributed by atoms with E-state index >= 15 is 0 Å². The van der Waals surface area contributed by atoms with Gasteiger partial charge in [0, 0.05) is 24.6 Å². The van der Waals surface area contributed by atoms with E-state index in [9.17, 15) is 0 Å². The van der Waals surface area contributed by atoms with E-state index in [2.05, 4.69) is 67.2 Å². The van der Waals surface area contributed by atoms with Gasteiger partial charge in [0.25, 0.3) is 0 Å². The fraction of sp³-hybridized carbons (Fsp3) is 0.400. The van der Waals surface area contributed by atoms with E-state index in [4.69, 9.17) is 12.2 Å². The predicted molar refractivity (Wildman–Crippen MR) is 106 cm³/mol. The van der Waals surface area contributed by atoms with Gasteiger partial charge in [0.05, 0.1) is 6.04 Å². The third-order valence-electron chi connectivity index (χ3n) is 4.25. The number of nitrogens with zero attached hydrogens (tertiary/aromatic N) is 2. The molecule has 0 saturated heterocycles. The van der Waals surface area contributed by atoms with Crippen molar-refractivity contribution in [3.8, 4) is 0 Å². The molecule has 24 heavy (non-hydrogen) atoms. The van der Waals surface area contributed by atoms with E-state index in [1.165, 1.54) is 11.1 Å². The molecular formula is C20H27N3S. The van der Waals surface area contributed by atoms with Crippen LogP contribution in [-0.2, 0) is 0 Å². The molecule has 0 unspecified atom stereocenters. The lowest BCUT2D eigenvalue weighted by Crippen LogP contribution is -2.38. The lowest BCUT2D eigenvalue weighted by atomic mass is 10.1. The van der Waals surface area contributed by atoms with Crippen molar-refractivity contribution in [2.75, 3.05) is 11.9 Å². The molecule has 0 radical (unpaired) electrons. The molecule has 1 N–H and O–H groups in total. The van der Waals surface area contributed by atoms with Gasteiger partial charge in [-0.3, -0.25) is 4.98 Å². The topological polar surface area (TPSA) is 28.2 Å². The number of pyridine rings is 1. The van der Waals surface area contributed by atoms with Crippen LogP contribution >= 0.6 is 12.2 Å². The SMILES string of the molecule is Cc1ccccc1NC(=S)N(CCC(C)C)[C@@H](C)c1ccncc1. The molecule has 0 saturated carbocycles. The Morgan fingerprint density at radius 2 is 1.79 bits per heavy atom. The first-order valence-electron chi connectivity index (χ1n) is 8.52. The third kappa shape index (κ3) is 5.03. The molecule has 0 spiro atoms. The number of rotatable bonds is 6. The quantitative estimate of drug-likeness (QED) is 0.731. The van der Waals surface area contributed by atoms with Crippen LogP contribution in [0.25, 0.3) is 0 Å². The molecule has 0 amide bonds. The van der Waals surface area contributed by atoms with E-state index in [1.807, 2.05) is 24.5 Å². The van der Waals surface area contributed by atoms with E-state index < -0.39 is 0 Å². The summed E-state index contributed by atoms with van der Waals surface area (Å²) in [4.78, 5) is 6.39. The zero-order valence-corrected chi connectivity index (χ0v) is 15.8. The summed E-state index contributed by atoms with van der Waals surface area (Å²) in [6.07, 6.45) is 4.78. The minimum Gasteiger partial charge on any atom is -0.342 e. The van der Waals surface area contributed by atoms with Crippen LogP contribution in [0.3, 0.4) is 0 Å². The normalized spacial score (nSPS) is 12.0. The molecule has 2 aromatic rings. The number of anilines is 1. The molecule has 2 rings (SSSR count). The molecular weight excluding hydrogens is 314 g/mol. The summed E-state index contributed by atoms with van der Waals surface area (Å²) in [6.45, 7) is 9.70. The van der Waals surface area contributed by atoms with Gasteiger partial charge in [-0.2, -0.15) is 0 Å². The van der Waals surface area contributed by atoms with Gasteiger partial charge >= 0.3 is 0 Å². The number of para-hydroxylation sites is 1. The zero-order valence-electron chi connectivity index (χ0n) is 15.0. The minimum atomic E-state index is 0.204. The van der Waals surface area contributed by atoms with E-state index in [0.29, 0.717) is 5.92 Å². The molecule has 3 nitrogen and oxygen atoms in total. The number of hydrogen-bond acceptors (Lipinski definition) is 2. The van der Waals surface area contributed by atoms with Crippen LogP contribution in [0.2, 0.25) is 0 Å². The van der Waals surface area contributed by atoms with Crippen molar-refractivity contribution in [3.05, 3.63) is 59.9 Å². The van der Waals surface area contributed by atoms with Gasteiger partial charge < -0.3 is 10.2 Å². The van der Waals surface area contributed by atoms with Crippen molar-refractivity contribution in [3.63, 3.8) is 0 Å². The molecule has 0 fully saturated rings. The molecule has 0 aliphatic carbocycles. The monoisotopic (exact) mass is 341 g/mol. The van der Waals surface area contributed by atoms with Gasteiger partial charge in [-0.1, -0.05) is 32.0 Å². The number of nitrogens with one attached hydrogen (secondary N) is 1. The molecule has 0 aliphatic heterocycles. The molecule has 0 bridgehead atoms. The van der Waals surface area contributed by atoms with Crippen molar-refractivity contribution < 1.29 is 0 Å². The van der Waals surface area contributed by atoms with Crippen LogP contribution in [-0.4, -0.2) is 21.5 Å². The molecule has 128 valence electrons. The minimum absolute atomic E-state index is 0.204. The molecule has 4 heteroatoms. The zero-order chi connectivity index (χ0) is 17.5. The Balaban J connectivity index is 2.18. The summed E-state index contributed by atoms with van der Waals surface area (Å²) >= 11 is 5.74. The van der Waals surface area contributed by atoms with Crippen LogP contribution in [0.1, 0.15) is 44.4 Å². The van der Waals surface area contributed by atoms with Crippen molar-refractivity contribution in [1.29, 1.82) is 0 Å². The second-order valence-electron chi connectivity index (χ2n) is 6.58. The summed E-state index contributed by atoms with van der Waals surface area (Å²) in [5.41, 5.74) is 3.49. The van der Waals surface area contributed by atoms with Crippen molar-refractivity contribution in [2.24, 2.45) is 5.92 Å². The van der Waals surface area contributed by atoms with Crippen molar-refractivity contribution in [1.82, 2.24) is 9.88 Å². The average molecular weight is 342 g/mol. The maximum Gasteiger partial charge on any atom is 0.173 e. The second kappa shape index (κ2) is 8.78. The Bertz CT molecular complexity index is 655. The number of hydrogen-bond donors (Lipinski definition) is 1. The highest BCUT2D eigenvalue weighted by Crippen LogP contribution is 2.23. The predicted octanol–water partition coefficient (Wildman–Crippen LogP) is 5.20. The van der Waals surface area contributed by atoms with Crippen LogP contribution in [0.5, 0.6) is 0 Å². The van der Waals surface area contributed by atoms with E-state index in [1.54, 1.807) is 0 Å². The van der Waals surface area contributed by atoms with Gasteiger partial charge in [0.1, 0.15) is 0 Å². The molecule has 1 atom stereocenters. The van der Waals surface area contributed by atoms with Crippen LogP contribution < -0.4 is 5.32 Å². The highest BCUT2D eigenvalue weighted by Gasteiger charge is 2.19. The molecule has 1 aromatic heterocycles. The third-order valence-corrected chi connectivity index (χ3v) is 4.59. The average Bonchev–Trinajstić information content (AvgIpc) is 2.57. The maximum absolute atomic E-state index is 5.74. The Morgan fingerprint density at radius 3 is 2.42 bits per heavy atom. The van der Waals surface area contributed by atoms with Gasteiger partial charge in [-0.25, -0.2) is 0 Å². The Hall–Kier alpha value is -1.94. The number of aromatic nitrogens is 1. The highest BCUT2D eigenvalue weighted by atomic mass is 32.1. The lowest BCUT2D eigenvalue weighted by molar-refractivity contribution is 0.318. The smallest absolute Gasteiger partial charge is 0.173 e. The van der Waals surface area contributed by atoms with Crippen LogP contribution in [0.4, 0.5) is 5.69 Å². The molecule has 1 aromatic carbocycles. The fourth-order valence-electron chi connectivity index (χ4n) is 2.59. The molecule has 0 aliphatic rings. The number of benzene rings is 1. The summed E-state index contributed by atoms with van der Waals surface area (Å²) in [5, 5.41) is 4.20. The number of aryl methyl sites for hydroxylation is 1. The van der Waals surface area contributed by atoms with E-state index in [-0.39, 0.29) is 6.04 Å². The largest absolute Gasteiger partial charge is 0.342 e. The summed E-state index contributed by atoms with van der Waals surface area (Å²) in [7, 11) is 0. The Kier molecular flexibility index (Phi) is 6.73. The van der Waals surface area contributed by atoms with Gasteiger partial charge in [0.2, 0.25) is 0 Å². The van der Waals surface area contributed by atoms with Gasteiger partial charge in [-0.15, -0.1) is 0 Å². The number of thiocarbonyl (C=S) groups is 1. The fourth-order valence-corrected chi connectivity index (χ4v) is 2.95. The maximum atomic E-state index is 5.74. The summed E-state index contributed by atoms with van der Waals surface area (Å²) in [5.74, 6) is 0.637. The first-order valence-corrected chi connectivity index (χ1v) is 8.93. The van der Waals surface area contributed by atoms with Gasteiger partial charge in [0.15, 0.2) is 5.11 Å².